The van der Waals surface area contributed by atoms with Crippen molar-refractivity contribution in [3.05, 3.63) is 68.8 Å². The van der Waals surface area contributed by atoms with Crippen LogP contribution in [0.3, 0.4) is 0 Å². The van der Waals surface area contributed by atoms with Crippen LogP contribution in [0.15, 0.2) is 24.3 Å². The van der Waals surface area contributed by atoms with Crippen molar-refractivity contribution in [1.82, 2.24) is 0 Å². The van der Waals surface area contributed by atoms with Crippen LogP contribution in [-0.2, 0) is 25.7 Å². The number of benzene rings is 5. The number of unbranched alkanes of at least 4 members (excludes halogenated alkanes) is 4. The summed E-state index contributed by atoms with van der Waals surface area (Å²) >= 11 is 0. The van der Waals surface area contributed by atoms with Crippen LogP contribution in [0.5, 0.6) is 0 Å². The Kier molecular flexibility index (Phi) is 10.2. The minimum absolute atomic E-state index is 0.0377. The molecule has 0 saturated heterocycles. The van der Waals surface area contributed by atoms with Gasteiger partial charge in [0.05, 0.1) is 22.3 Å². The highest BCUT2D eigenvalue weighted by Gasteiger charge is 2.33. The van der Waals surface area contributed by atoms with Gasteiger partial charge in [0.2, 0.25) is 0 Å². The van der Waals surface area contributed by atoms with Crippen LogP contribution >= 0.6 is 0 Å². The third-order valence-corrected chi connectivity index (χ3v) is 9.89. The maximum absolute atomic E-state index is 13.5. The molecule has 252 valence electrons. The second-order valence-electron chi connectivity index (χ2n) is 12.9. The van der Waals surface area contributed by atoms with Crippen LogP contribution < -0.4 is 0 Å². The zero-order chi connectivity index (χ0) is 34.9. The fourth-order valence-electron chi connectivity index (χ4n) is 7.81. The molecule has 5 aromatic rings. The van der Waals surface area contributed by atoms with Crippen LogP contribution in [-0.4, -0.2) is 44.3 Å². The Morgan fingerprint density at radius 2 is 0.771 bits per heavy atom. The molecule has 5 aromatic carbocycles. The van der Waals surface area contributed by atoms with Crippen LogP contribution in [0.25, 0.3) is 43.1 Å². The molecule has 4 N–H and O–H groups in total. The topological polar surface area (TPSA) is 149 Å². The molecule has 8 heteroatoms. The van der Waals surface area contributed by atoms with Gasteiger partial charge in [-0.15, -0.1) is 0 Å². The Labute approximate surface area is 279 Å². The predicted molar refractivity (Wildman–Crippen MR) is 190 cm³/mol. The molecule has 0 bridgehead atoms. The van der Waals surface area contributed by atoms with E-state index in [0.717, 1.165) is 49.7 Å². The number of aryl methyl sites for hydroxylation is 2. The summed E-state index contributed by atoms with van der Waals surface area (Å²) in [5.41, 5.74) is 2.71. The SMILES string of the molecule is CCCCc1c(C(=O)O)c2c(C(=O)O)c(CCCC)c(CCCC)c3c4ccc(C(=O)O)c5c(C(=O)O)ccc(c(c1CCCC)c23)c54. The van der Waals surface area contributed by atoms with Gasteiger partial charge in [0.1, 0.15) is 0 Å². The highest BCUT2D eigenvalue weighted by molar-refractivity contribution is 6.39. The van der Waals surface area contributed by atoms with Gasteiger partial charge < -0.3 is 20.4 Å². The van der Waals surface area contributed by atoms with E-state index < -0.39 is 23.9 Å². The maximum atomic E-state index is 13.5. The van der Waals surface area contributed by atoms with E-state index in [9.17, 15) is 39.6 Å². The van der Waals surface area contributed by atoms with Crippen molar-refractivity contribution in [2.45, 2.75) is 105 Å². The van der Waals surface area contributed by atoms with Gasteiger partial charge in [-0.1, -0.05) is 65.5 Å². The molecule has 0 unspecified atom stereocenters. The van der Waals surface area contributed by atoms with Crippen LogP contribution in [0, 0.1) is 0 Å². The number of carbonyl (C=O) groups is 4. The van der Waals surface area contributed by atoms with Crippen LogP contribution in [0.1, 0.15) is 143 Å². The first kappa shape index (κ1) is 34.6. The van der Waals surface area contributed by atoms with Gasteiger partial charge in [-0.05, 0) is 118 Å². The summed E-state index contributed by atoms with van der Waals surface area (Å²) in [5.74, 6) is -4.83. The molecule has 0 aromatic heterocycles. The zero-order valence-electron chi connectivity index (χ0n) is 28.2. The first-order chi connectivity index (χ1) is 23.0. The molecule has 0 atom stereocenters. The van der Waals surface area contributed by atoms with Gasteiger partial charge in [0.25, 0.3) is 0 Å². The van der Waals surface area contributed by atoms with Gasteiger partial charge in [-0.3, -0.25) is 0 Å². The highest BCUT2D eigenvalue weighted by atomic mass is 16.4. The largest absolute Gasteiger partial charge is 0.478 e. The minimum Gasteiger partial charge on any atom is -0.478 e. The van der Waals surface area contributed by atoms with Gasteiger partial charge in [-0.2, -0.15) is 0 Å². The third kappa shape index (κ3) is 5.61. The molecule has 0 radical (unpaired) electrons. The molecular formula is C40H44O8. The van der Waals surface area contributed by atoms with E-state index >= 15 is 0 Å². The maximum Gasteiger partial charge on any atom is 0.336 e. The molecule has 0 aliphatic rings. The number of rotatable bonds is 16. The molecule has 8 nitrogen and oxygen atoms in total. The first-order valence-electron chi connectivity index (χ1n) is 17.3. The van der Waals surface area contributed by atoms with E-state index in [4.69, 9.17) is 0 Å². The molecule has 0 spiro atoms. The van der Waals surface area contributed by atoms with Crippen LogP contribution in [0.4, 0.5) is 0 Å². The summed E-state index contributed by atoms with van der Waals surface area (Å²) in [6, 6.07) is 6.27. The summed E-state index contributed by atoms with van der Waals surface area (Å²) in [6.45, 7) is 8.17. The average Bonchev–Trinajstić information content (AvgIpc) is 3.05. The molecule has 0 amide bonds. The van der Waals surface area contributed by atoms with Gasteiger partial charge in [-0.25, -0.2) is 19.2 Å². The third-order valence-electron chi connectivity index (χ3n) is 9.89. The number of carboxylic acids is 4. The molecule has 48 heavy (non-hydrogen) atoms. The molecule has 0 saturated carbocycles. The van der Waals surface area contributed by atoms with E-state index in [1.807, 2.05) is 13.8 Å². The Hall–Kier alpha value is -4.72. The normalized spacial score (nSPS) is 11.8. The minimum atomic E-state index is -1.25. The Bertz CT molecular complexity index is 1950. The highest BCUT2D eigenvalue weighted by Crippen LogP contribution is 2.50. The van der Waals surface area contributed by atoms with E-state index in [-0.39, 0.29) is 33.0 Å². The van der Waals surface area contributed by atoms with Crippen molar-refractivity contribution in [2.75, 3.05) is 0 Å². The van der Waals surface area contributed by atoms with Crippen molar-refractivity contribution in [3.63, 3.8) is 0 Å². The monoisotopic (exact) mass is 652 g/mol. The summed E-state index contributed by atoms with van der Waals surface area (Å²) < 4.78 is 0. The van der Waals surface area contributed by atoms with Crippen molar-refractivity contribution in [1.29, 1.82) is 0 Å². The van der Waals surface area contributed by atoms with Crippen LogP contribution in [0.2, 0.25) is 0 Å². The fourth-order valence-corrected chi connectivity index (χ4v) is 7.81. The summed E-state index contributed by atoms with van der Waals surface area (Å²) in [6.07, 6.45) is 8.16. The fraction of sp³-hybridized carbons (Fsp3) is 0.400. The molecule has 0 aliphatic heterocycles. The number of fused-ring (bicyclic) bond motifs is 2. The standard InChI is InChI=1S/C40H44O8/c1-5-9-13-21-23(15-11-7-3)33(39(45)46)36-34(40(47)48)24(16-12-8-4)22(14-10-6-2)30-26-18-20-28(38(43)44)32-27(37(41)42)19-17-25(31(26)32)29(21)35(30)36/h17-20H,5-16H2,1-4H3,(H,41,42)(H,43,44)(H,45,46)(H,47,48). The smallest absolute Gasteiger partial charge is 0.336 e. The van der Waals surface area contributed by atoms with Gasteiger partial charge in [0, 0.05) is 10.8 Å². The second kappa shape index (κ2) is 14.2. The molecule has 0 heterocycles. The Morgan fingerprint density at radius 1 is 0.417 bits per heavy atom. The number of hydrogen-bond acceptors (Lipinski definition) is 4. The lowest BCUT2D eigenvalue weighted by atomic mass is 9.75. The molecule has 0 aliphatic carbocycles. The number of hydrogen-bond donors (Lipinski definition) is 4. The van der Waals surface area contributed by atoms with Gasteiger partial charge >= 0.3 is 23.9 Å². The van der Waals surface area contributed by atoms with Crippen molar-refractivity contribution < 1.29 is 39.6 Å². The van der Waals surface area contributed by atoms with E-state index in [1.165, 1.54) is 12.1 Å². The summed E-state index contributed by atoms with van der Waals surface area (Å²) in [5, 5.41) is 46.7. The van der Waals surface area contributed by atoms with E-state index in [2.05, 4.69) is 13.8 Å². The summed E-state index contributed by atoms with van der Waals surface area (Å²) in [7, 11) is 0. The second-order valence-corrected chi connectivity index (χ2v) is 12.9. The Balaban J connectivity index is 2.30. The molecular weight excluding hydrogens is 608 g/mol. The first-order valence-corrected chi connectivity index (χ1v) is 17.3. The van der Waals surface area contributed by atoms with E-state index in [0.29, 0.717) is 82.0 Å². The zero-order valence-corrected chi connectivity index (χ0v) is 28.2. The predicted octanol–water partition coefficient (Wildman–Crippen LogP) is 9.90. The number of carboxylic acid groups (broad SMARTS) is 4. The van der Waals surface area contributed by atoms with Crippen molar-refractivity contribution in [3.8, 4) is 0 Å². The quantitative estimate of drug-likeness (QED) is 0.0608. The lowest BCUT2D eigenvalue weighted by Crippen LogP contribution is -2.16. The van der Waals surface area contributed by atoms with Gasteiger partial charge in [0.15, 0.2) is 0 Å². The van der Waals surface area contributed by atoms with Crippen molar-refractivity contribution >= 4 is 67.0 Å². The average molecular weight is 653 g/mol. The lowest BCUT2D eigenvalue weighted by molar-refractivity contribution is 0.0680. The Morgan fingerprint density at radius 3 is 1.08 bits per heavy atom. The van der Waals surface area contributed by atoms with E-state index in [1.54, 1.807) is 12.1 Å². The molecule has 5 rings (SSSR count). The summed E-state index contributed by atoms with van der Waals surface area (Å²) in [4.78, 5) is 52.2. The van der Waals surface area contributed by atoms with Crippen molar-refractivity contribution in [2.24, 2.45) is 0 Å². The number of aromatic carboxylic acids is 4. The molecule has 0 fully saturated rings. The lowest BCUT2D eigenvalue weighted by Gasteiger charge is -2.28.